The highest BCUT2D eigenvalue weighted by Crippen LogP contribution is 2.31. The Hall–Kier alpha value is -1.31. The van der Waals surface area contributed by atoms with Crippen molar-refractivity contribution in [1.29, 1.82) is 0 Å². The second-order valence-electron chi connectivity index (χ2n) is 6.69. The highest BCUT2D eigenvalue weighted by atomic mass is 16.5. The Labute approximate surface area is 127 Å². The third-order valence-electron chi connectivity index (χ3n) is 5.18. The van der Waals surface area contributed by atoms with Gasteiger partial charge in [-0.3, -0.25) is 0 Å². The predicted molar refractivity (Wildman–Crippen MR) is 84.7 cm³/mol. The molecule has 0 N–H and O–H groups in total. The summed E-state index contributed by atoms with van der Waals surface area (Å²) in [6, 6.07) is 4.49. The maximum atomic E-state index is 12.1. The second-order valence-corrected chi connectivity index (χ2v) is 6.69. The van der Waals surface area contributed by atoms with Crippen molar-refractivity contribution in [3.05, 3.63) is 34.4 Å². The van der Waals surface area contributed by atoms with Crippen molar-refractivity contribution in [2.75, 3.05) is 7.11 Å². The lowest BCUT2D eigenvalue weighted by Crippen LogP contribution is -2.15. The first kappa shape index (κ1) is 14.6. The molecule has 0 bridgehead atoms. The molecule has 0 aliphatic heterocycles. The van der Waals surface area contributed by atoms with E-state index in [9.17, 15) is 4.79 Å². The number of aryl methyl sites for hydroxylation is 1. The van der Waals surface area contributed by atoms with Crippen LogP contribution in [0, 0.1) is 5.92 Å². The van der Waals surface area contributed by atoms with Gasteiger partial charge in [-0.2, -0.15) is 0 Å². The lowest BCUT2D eigenvalue weighted by atomic mass is 9.81. The number of benzene rings is 1. The first-order valence-electron chi connectivity index (χ1n) is 8.51. The van der Waals surface area contributed by atoms with Gasteiger partial charge in [0.25, 0.3) is 0 Å². The van der Waals surface area contributed by atoms with Crippen molar-refractivity contribution in [2.24, 2.45) is 5.92 Å². The van der Waals surface area contributed by atoms with Crippen LogP contribution >= 0.6 is 0 Å². The van der Waals surface area contributed by atoms with Crippen LogP contribution in [0.5, 0.6) is 0 Å². The van der Waals surface area contributed by atoms with E-state index in [1.165, 1.54) is 68.7 Å². The van der Waals surface area contributed by atoms with E-state index in [0.29, 0.717) is 0 Å². The Balaban J connectivity index is 1.88. The van der Waals surface area contributed by atoms with Crippen molar-refractivity contribution >= 4 is 5.97 Å². The van der Waals surface area contributed by atoms with Crippen molar-refractivity contribution in [3.8, 4) is 0 Å². The summed E-state index contributed by atoms with van der Waals surface area (Å²) in [5.41, 5.74) is 4.83. The normalized spacial score (nSPS) is 19.1. The first-order valence-corrected chi connectivity index (χ1v) is 8.51. The fraction of sp³-hybridized carbons (Fsp3) is 0.632. The van der Waals surface area contributed by atoms with Gasteiger partial charge in [0.1, 0.15) is 0 Å². The Morgan fingerprint density at radius 1 is 1.10 bits per heavy atom. The Morgan fingerprint density at radius 2 is 1.86 bits per heavy atom. The molecule has 0 spiro atoms. The Kier molecular flexibility index (Phi) is 4.62. The van der Waals surface area contributed by atoms with Gasteiger partial charge in [-0.05, 0) is 60.8 Å². The third kappa shape index (κ3) is 3.30. The van der Waals surface area contributed by atoms with Crippen LogP contribution in [0.4, 0.5) is 0 Å². The standard InChI is InChI=1S/C19H26O2/c1-21-19(20)18-13-15(11-14-7-3-2-4-8-14)12-16-9-5-6-10-17(16)18/h12-14H,2-11H2,1H3. The average Bonchev–Trinajstić information content (AvgIpc) is 2.54. The third-order valence-corrected chi connectivity index (χ3v) is 5.18. The molecule has 2 nitrogen and oxygen atoms in total. The van der Waals surface area contributed by atoms with Crippen LogP contribution in [0.3, 0.4) is 0 Å². The van der Waals surface area contributed by atoms with Crippen molar-refractivity contribution in [2.45, 2.75) is 64.2 Å². The summed E-state index contributed by atoms with van der Waals surface area (Å²) in [4.78, 5) is 12.1. The fourth-order valence-electron chi connectivity index (χ4n) is 4.07. The number of esters is 1. The van der Waals surface area contributed by atoms with Crippen LogP contribution in [0.15, 0.2) is 12.1 Å². The number of ether oxygens (including phenoxy) is 1. The molecule has 0 radical (unpaired) electrons. The molecular weight excluding hydrogens is 260 g/mol. The molecule has 21 heavy (non-hydrogen) atoms. The highest BCUT2D eigenvalue weighted by Gasteiger charge is 2.21. The predicted octanol–water partition coefficient (Wildman–Crippen LogP) is 4.47. The van der Waals surface area contributed by atoms with Gasteiger partial charge >= 0.3 is 5.97 Å². The van der Waals surface area contributed by atoms with E-state index in [-0.39, 0.29) is 5.97 Å². The van der Waals surface area contributed by atoms with Gasteiger partial charge in [-0.25, -0.2) is 4.79 Å². The molecule has 0 saturated heterocycles. The average molecular weight is 286 g/mol. The van der Waals surface area contributed by atoms with Gasteiger partial charge in [-0.15, -0.1) is 0 Å². The van der Waals surface area contributed by atoms with Crippen LogP contribution in [0.1, 0.15) is 72.0 Å². The molecule has 0 unspecified atom stereocenters. The van der Waals surface area contributed by atoms with Crippen LogP contribution in [-0.4, -0.2) is 13.1 Å². The largest absolute Gasteiger partial charge is 0.465 e. The summed E-state index contributed by atoms with van der Waals surface area (Å²) < 4.78 is 5.01. The molecule has 1 aromatic carbocycles. The highest BCUT2D eigenvalue weighted by molar-refractivity contribution is 5.91. The molecule has 3 rings (SSSR count). The van der Waals surface area contributed by atoms with Crippen molar-refractivity contribution in [3.63, 3.8) is 0 Å². The molecular formula is C19H26O2. The Morgan fingerprint density at radius 3 is 2.62 bits per heavy atom. The summed E-state index contributed by atoms with van der Waals surface area (Å²) in [6.45, 7) is 0. The van der Waals surface area contributed by atoms with Gasteiger partial charge in [0, 0.05) is 0 Å². The molecule has 1 aromatic rings. The molecule has 1 saturated carbocycles. The number of rotatable bonds is 3. The zero-order chi connectivity index (χ0) is 14.7. The number of carbonyl (C=O) groups excluding carboxylic acids is 1. The molecule has 1 fully saturated rings. The van der Waals surface area contributed by atoms with E-state index in [1.807, 2.05) is 0 Å². The monoisotopic (exact) mass is 286 g/mol. The number of fused-ring (bicyclic) bond motifs is 1. The number of hydrogen-bond donors (Lipinski definition) is 0. The van der Waals surface area contributed by atoms with Gasteiger partial charge in [0.05, 0.1) is 12.7 Å². The topological polar surface area (TPSA) is 26.3 Å². The van der Waals surface area contributed by atoms with Crippen LogP contribution in [-0.2, 0) is 24.0 Å². The number of hydrogen-bond acceptors (Lipinski definition) is 2. The SMILES string of the molecule is COC(=O)c1cc(CC2CCCCC2)cc2c1CCCC2. The van der Waals surface area contributed by atoms with E-state index >= 15 is 0 Å². The van der Waals surface area contributed by atoms with Crippen molar-refractivity contribution < 1.29 is 9.53 Å². The van der Waals surface area contributed by atoms with E-state index < -0.39 is 0 Å². The lowest BCUT2D eigenvalue weighted by molar-refractivity contribution is 0.0599. The van der Waals surface area contributed by atoms with E-state index in [2.05, 4.69) is 12.1 Å². The molecule has 0 aromatic heterocycles. The summed E-state index contributed by atoms with van der Waals surface area (Å²) in [7, 11) is 1.49. The smallest absolute Gasteiger partial charge is 0.338 e. The summed E-state index contributed by atoms with van der Waals surface area (Å²) in [5, 5.41) is 0. The fourth-order valence-corrected chi connectivity index (χ4v) is 4.07. The van der Waals surface area contributed by atoms with E-state index in [1.54, 1.807) is 0 Å². The first-order chi connectivity index (χ1) is 10.3. The zero-order valence-electron chi connectivity index (χ0n) is 13.1. The number of methoxy groups -OCH3 is 1. The zero-order valence-corrected chi connectivity index (χ0v) is 13.1. The molecule has 2 heteroatoms. The van der Waals surface area contributed by atoms with E-state index in [4.69, 9.17) is 4.74 Å². The van der Waals surface area contributed by atoms with Gasteiger partial charge in [0.15, 0.2) is 0 Å². The summed E-state index contributed by atoms with van der Waals surface area (Å²) in [6.07, 6.45) is 12.6. The summed E-state index contributed by atoms with van der Waals surface area (Å²) >= 11 is 0. The van der Waals surface area contributed by atoms with Gasteiger partial charge in [0.2, 0.25) is 0 Å². The van der Waals surface area contributed by atoms with Crippen LogP contribution < -0.4 is 0 Å². The van der Waals surface area contributed by atoms with Crippen LogP contribution in [0.25, 0.3) is 0 Å². The molecule has 114 valence electrons. The van der Waals surface area contributed by atoms with Crippen molar-refractivity contribution in [1.82, 2.24) is 0 Å². The maximum absolute atomic E-state index is 12.1. The van der Waals surface area contributed by atoms with Gasteiger partial charge in [-0.1, -0.05) is 38.2 Å². The minimum atomic E-state index is -0.154. The minimum absolute atomic E-state index is 0.154. The Bertz CT molecular complexity index is 513. The lowest BCUT2D eigenvalue weighted by Gasteiger charge is -2.24. The molecule has 0 heterocycles. The maximum Gasteiger partial charge on any atom is 0.338 e. The molecule has 2 aliphatic carbocycles. The van der Waals surface area contributed by atoms with Crippen LogP contribution in [0.2, 0.25) is 0 Å². The number of carbonyl (C=O) groups is 1. The quantitative estimate of drug-likeness (QED) is 0.766. The molecule has 2 aliphatic rings. The summed E-state index contributed by atoms with van der Waals surface area (Å²) in [5.74, 6) is 0.657. The van der Waals surface area contributed by atoms with E-state index in [0.717, 1.165) is 30.7 Å². The second kappa shape index (κ2) is 6.64. The minimum Gasteiger partial charge on any atom is -0.465 e. The molecule has 0 atom stereocenters. The molecule has 0 amide bonds. The van der Waals surface area contributed by atoms with Gasteiger partial charge < -0.3 is 4.74 Å².